The molecule has 0 saturated heterocycles. The predicted octanol–water partition coefficient (Wildman–Crippen LogP) is 1.26. The number of carbonyl (C=O) groups excluding carboxylic acids is 1. The SMILES string of the molecule is Nc1ccc2c(c1)oc(=O)n2C(=O)c1cccnc1. The summed E-state index contributed by atoms with van der Waals surface area (Å²) in [5.74, 6) is -1.23. The van der Waals surface area contributed by atoms with E-state index in [1.807, 2.05) is 0 Å². The number of pyridine rings is 1. The van der Waals surface area contributed by atoms with E-state index >= 15 is 0 Å². The lowest BCUT2D eigenvalue weighted by molar-refractivity contribution is 0.0956. The van der Waals surface area contributed by atoms with Gasteiger partial charge in [0.05, 0.1) is 11.1 Å². The number of fused-ring (bicyclic) bond motifs is 1. The van der Waals surface area contributed by atoms with Crippen molar-refractivity contribution < 1.29 is 9.21 Å². The average molecular weight is 255 g/mol. The molecule has 0 aliphatic heterocycles. The Kier molecular flexibility index (Phi) is 2.42. The highest BCUT2D eigenvalue weighted by Crippen LogP contribution is 2.17. The topological polar surface area (TPSA) is 91.1 Å². The Hall–Kier alpha value is -2.89. The summed E-state index contributed by atoms with van der Waals surface area (Å²) in [5, 5.41) is 0. The fraction of sp³-hybridized carbons (Fsp3) is 0. The largest absolute Gasteiger partial charge is 0.427 e. The number of nitrogens with zero attached hydrogens (tertiary/aromatic N) is 2. The van der Waals surface area contributed by atoms with Gasteiger partial charge in [-0.25, -0.2) is 9.36 Å². The number of hydrogen-bond donors (Lipinski definition) is 1. The van der Waals surface area contributed by atoms with Crippen LogP contribution in [0.25, 0.3) is 11.1 Å². The zero-order valence-electron chi connectivity index (χ0n) is 9.74. The number of hydrogen-bond acceptors (Lipinski definition) is 5. The van der Waals surface area contributed by atoms with Crippen LogP contribution in [0.1, 0.15) is 10.4 Å². The Balaban J connectivity index is 2.23. The van der Waals surface area contributed by atoms with Crippen LogP contribution in [0.4, 0.5) is 5.69 Å². The van der Waals surface area contributed by atoms with Gasteiger partial charge in [-0.3, -0.25) is 9.78 Å². The summed E-state index contributed by atoms with van der Waals surface area (Å²) in [7, 11) is 0. The van der Waals surface area contributed by atoms with E-state index < -0.39 is 11.7 Å². The molecule has 3 aromatic rings. The molecule has 0 aliphatic rings. The van der Waals surface area contributed by atoms with Gasteiger partial charge in [-0.1, -0.05) is 0 Å². The lowest BCUT2D eigenvalue weighted by Crippen LogP contribution is -2.23. The molecular weight excluding hydrogens is 246 g/mol. The van der Waals surface area contributed by atoms with Crippen molar-refractivity contribution >= 4 is 22.7 Å². The Labute approximate surface area is 107 Å². The molecule has 0 atom stereocenters. The summed E-state index contributed by atoms with van der Waals surface area (Å²) in [6, 6.07) is 7.88. The van der Waals surface area contributed by atoms with Gasteiger partial charge < -0.3 is 10.2 Å². The molecule has 0 unspecified atom stereocenters. The first-order valence-corrected chi connectivity index (χ1v) is 5.52. The summed E-state index contributed by atoms with van der Waals surface area (Å²) in [6.07, 6.45) is 2.94. The van der Waals surface area contributed by atoms with Crippen LogP contribution in [0.15, 0.2) is 51.9 Å². The standard InChI is InChI=1S/C13H9N3O3/c14-9-3-4-10-11(6-9)19-13(18)16(10)12(17)8-2-1-5-15-7-8/h1-7H,14H2. The Morgan fingerprint density at radius 2 is 2.16 bits per heavy atom. The van der Waals surface area contributed by atoms with Crippen LogP contribution in [0.3, 0.4) is 0 Å². The first-order valence-electron chi connectivity index (χ1n) is 5.52. The van der Waals surface area contributed by atoms with Crippen LogP contribution < -0.4 is 11.5 Å². The van der Waals surface area contributed by atoms with Gasteiger partial charge in [-0.05, 0) is 24.3 Å². The van der Waals surface area contributed by atoms with E-state index in [9.17, 15) is 9.59 Å². The maximum absolute atomic E-state index is 12.3. The van der Waals surface area contributed by atoms with E-state index in [-0.39, 0.29) is 5.58 Å². The Bertz CT molecular complexity index is 818. The molecule has 94 valence electrons. The third-order valence-corrected chi connectivity index (χ3v) is 2.72. The number of nitrogens with two attached hydrogens (primary N) is 1. The van der Waals surface area contributed by atoms with Crippen molar-refractivity contribution in [3.8, 4) is 0 Å². The Morgan fingerprint density at radius 1 is 1.32 bits per heavy atom. The third kappa shape index (κ3) is 1.79. The molecule has 2 heterocycles. The van der Waals surface area contributed by atoms with Gasteiger partial charge in [-0.15, -0.1) is 0 Å². The molecule has 2 N–H and O–H groups in total. The molecule has 0 radical (unpaired) electrons. The average Bonchev–Trinajstić information content (AvgIpc) is 2.74. The second kappa shape index (κ2) is 4.09. The van der Waals surface area contributed by atoms with Crippen LogP contribution in [-0.4, -0.2) is 15.5 Å². The number of anilines is 1. The molecule has 0 aliphatic carbocycles. The Morgan fingerprint density at radius 3 is 2.89 bits per heavy atom. The van der Waals surface area contributed by atoms with Crippen molar-refractivity contribution in [2.75, 3.05) is 5.73 Å². The number of benzene rings is 1. The molecule has 19 heavy (non-hydrogen) atoms. The molecule has 0 fully saturated rings. The molecule has 6 nitrogen and oxygen atoms in total. The van der Waals surface area contributed by atoms with Crippen molar-refractivity contribution in [1.82, 2.24) is 9.55 Å². The molecular formula is C13H9N3O3. The quantitative estimate of drug-likeness (QED) is 0.661. The van der Waals surface area contributed by atoms with E-state index in [4.69, 9.17) is 10.2 Å². The fourth-order valence-corrected chi connectivity index (χ4v) is 1.85. The highest BCUT2D eigenvalue weighted by atomic mass is 16.4. The summed E-state index contributed by atoms with van der Waals surface area (Å²) in [4.78, 5) is 27.9. The molecule has 2 aromatic heterocycles. The smallest absolute Gasteiger partial charge is 0.407 e. The van der Waals surface area contributed by atoms with E-state index in [1.54, 1.807) is 30.5 Å². The van der Waals surface area contributed by atoms with Crippen molar-refractivity contribution in [3.05, 3.63) is 58.8 Å². The van der Waals surface area contributed by atoms with Crippen molar-refractivity contribution in [3.63, 3.8) is 0 Å². The normalized spacial score (nSPS) is 10.7. The molecule has 3 rings (SSSR count). The molecule has 0 spiro atoms. The fourth-order valence-electron chi connectivity index (χ4n) is 1.85. The highest BCUT2D eigenvalue weighted by molar-refractivity contribution is 6.00. The van der Waals surface area contributed by atoms with Crippen LogP contribution in [-0.2, 0) is 0 Å². The zero-order valence-corrected chi connectivity index (χ0v) is 9.74. The van der Waals surface area contributed by atoms with Crippen LogP contribution in [0.2, 0.25) is 0 Å². The monoisotopic (exact) mass is 255 g/mol. The maximum atomic E-state index is 12.3. The van der Waals surface area contributed by atoms with Crippen molar-refractivity contribution in [1.29, 1.82) is 0 Å². The van der Waals surface area contributed by atoms with Gasteiger partial charge in [0.1, 0.15) is 0 Å². The van der Waals surface area contributed by atoms with Crippen LogP contribution >= 0.6 is 0 Å². The molecule has 1 aromatic carbocycles. The first kappa shape index (κ1) is 11.2. The highest BCUT2D eigenvalue weighted by Gasteiger charge is 2.17. The predicted molar refractivity (Wildman–Crippen MR) is 68.9 cm³/mol. The van der Waals surface area contributed by atoms with Crippen LogP contribution in [0.5, 0.6) is 0 Å². The summed E-state index contributed by atoms with van der Waals surface area (Å²) in [5.41, 5.74) is 7.04. The lowest BCUT2D eigenvalue weighted by atomic mass is 10.2. The molecule has 0 saturated carbocycles. The summed E-state index contributed by atoms with van der Waals surface area (Å²) >= 11 is 0. The minimum absolute atomic E-state index is 0.280. The number of carbonyl (C=O) groups is 1. The van der Waals surface area contributed by atoms with E-state index in [0.29, 0.717) is 16.8 Å². The summed E-state index contributed by atoms with van der Waals surface area (Å²) in [6.45, 7) is 0. The number of oxazole rings is 1. The minimum atomic E-state index is -0.741. The van der Waals surface area contributed by atoms with E-state index in [1.165, 1.54) is 12.3 Å². The lowest BCUT2D eigenvalue weighted by Gasteiger charge is -2.00. The summed E-state index contributed by atoms with van der Waals surface area (Å²) < 4.78 is 5.97. The van der Waals surface area contributed by atoms with E-state index in [2.05, 4.69) is 4.98 Å². The molecule has 0 amide bonds. The van der Waals surface area contributed by atoms with Crippen molar-refractivity contribution in [2.24, 2.45) is 0 Å². The van der Waals surface area contributed by atoms with Crippen molar-refractivity contribution in [2.45, 2.75) is 0 Å². The van der Waals surface area contributed by atoms with Gasteiger partial charge in [0, 0.05) is 24.1 Å². The van der Waals surface area contributed by atoms with Gasteiger partial charge in [0.25, 0.3) is 5.91 Å². The number of aromatic nitrogens is 2. The van der Waals surface area contributed by atoms with Gasteiger partial charge in [0.15, 0.2) is 5.58 Å². The van der Waals surface area contributed by atoms with E-state index in [0.717, 1.165) is 4.57 Å². The maximum Gasteiger partial charge on any atom is 0.427 e. The first-order chi connectivity index (χ1) is 9.16. The third-order valence-electron chi connectivity index (χ3n) is 2.72. The van der Waals surface area contributed by atoms with Crippen LogP contribution in [0, 0.1) is 0 Å². The van der Waals surface area contributed by atoms with Gasteiger partial charge >= 0.3 is 5.76 Å². The number of nitrogen functional groups attached to an aromatic ring is 1. The minimum Gasteiger partial charge on any atom is -0.407 e. The van der Waals surface area contributed by atoms with Gasteiger partial charge in [-0.2, -0.15) is 0 Å². The second-order valence-electron chi connectivity index (χ2n) is 3.98. The molecule has 6 heteroatoms. The zero-order chi connectivity index (χ0) is 13.4. The van der Waals surface area contributed by atoms with Gasteiger partial charge in [0.2, 0.25) is 0 Å². The second-order valence-corrected chi connectivity index (χ2v) is 3.98. The number of rotatable bonds is 1. The molecule has 0 bridgehead atoms.